The molecule has 0 aromatic carbocycles. The molecule has 0 radical (unpaired) electrons. The van der Waals surface area contributed by atoms with E-state index in [2.05, 4.69) is 17.0 Å². The van der Waals surface area contributed by atoms with Gasteiger partial charge in [-0.1, -0.05) is 19.8 Å². The van der Waals surface area contributed by atoms with Gasteiger partial charge in [0.15, 0.2) is 0 Å². The Kier molecular flexibility index (Phi) is 5.66. The summed E-state index contributed by atoms with van der Waals surface area (Å²) in [7, 11) is -3.08. The van der Waals surface area contributed by atoms with Crippen molar-refractivity contribution in [1.29, 1.82) is 0 Å². The zero-order valence-electron chi connectivity index (χ0n) is 12.0. The van der Waals surface area contributed by atoms with Crippen LogP contribution in [-0.2, 0) is 10.0 Å². The standard InChI is InChI=1S/C14H28N2O2S/c1-12-4-2-3-5-14(12)16-19(17,18)11-8-13-6-9-15-10-7-13/h12-16H,2-11H2,1H3. The second-order valence-corrected chi connectivity index (χ2v) is 8.16. The highest BCUT2D eigenvalue weighted by molar-refractivity contribution is 7.89. The number of hydrogen-bond donors (Lipinski definition) is 2. The van der Waals surface area contributed by atoms with E-state index in [4.69, 9.17) is 0 Å². The molecule has 1 aliphatic heterocycles. The van der Waals surface area contributed by atoms with E-state index in [1.54, 1.807) is 0 Å². The lowest BCUT2D eigenvalue weighted by molar-refractivity contribution is 0.309. The monoisotopic (exact) mass is 288 g/mol. The van der Waals surface area contributed by atoms with Crippen LogP contribution in [0.15, 0.2) is 0 Å². The molecule has 2 fully saturated rings. The molecule has 4 nitrogen and oxygen atoms in total. The molecule has 1 saturated carbocycles. The number of rotatable bonds is 5. The van der Waals surface area contributed by atoms with Crippen molar-refractivity contribution in [3.05, 3.63) is 0 Å². The van der Waals surface area contributed by atoms with Gasteiger partial charge in [0.2, 0.25) is 10.0 Å². The van der Waals surface area contributed by atoms with Crippen molar-refractivity contribution in [2.45, 2.75) is 57.9 Å². The van der Waals surface area contributed by atoms with Crippen molar-refractivity contribution < 1.29 is 8.42 Å². The lowest BCUT2D eigenvalue weighted by Gasteiger charge is -2.29. The normalized spacial score (nSPS) is 30.4. The average Bonchev–Trinajstić information content (AvgIpc) is 2.40. The summed E-state index contributed by atoms with van der Waals surface area (Å²) in [5.74, 6) is 1.38. The summed E-state index contributed by atoms with van der Waals surface area (Å²) in [6.07, 6.45) is 7.62. The van der Waals surface area contributed by atoms with Gasteiger partial charge in [-0.25, -0.2) is 13.1 Å². The molecule has 2 unspecified atom stereocenters. The largest absolute Gasteiger partial charge is 0.317 e. The van der Waals surface area contributed by atoms with Crippen LogP contribution in [0, 0.1) is 11.8 Å². The molecular formula is C14H28N2O2S. The first-order valence-corrected chi connectivity index (χ1v) is 9.43. The maximum Gasteiger partial charge on any atom is 0.211 e. The molecule has 0 aromatic heterocycles. The third-order valence-electron chi connectivity index (χ3n) is 4.70. The molecular weight excluding hydrogens is 260 g/mol. The molecule has 2 aliphatic rings. The van der Waals surface area contributed by atoms with E-state index in [1.807, 2.05) is 0 Å². The van der Waals surface area contributed by atoms with Crippen molar-refractivity contribution in [3.63, 3.8) is 0 Å². The van der Waals surface area contributed by atoms with E-state index in [0.717, 1.165) is 51.6 Å². The Morgan fingerprint density at radius 3 is 2.47 bits per heavy atom. The summed E-state index contributed by atoms with van der Waals surface area (Å²) in [5, 5.41) is 3.32. The first kappa shape index (κ1) is 15.3. The molecule has 0 aromatic rings. The number of piperidine rings is 1. The van der Waals surface area contributed by atoms with Crippen molar-refractivity contribution in [1.82, 2.24) is 10.0 Å². The van der Waals surface area contributed by atoms with Gasteiger partial charge < -0.3 is 5.32 Å². The average molecular weight is 288 g/mol. The molecule has 1 heterocycles. The molecule has 1 aliphatic carbocycles. The van der Waals surface area contributed by atoms with Gasteiger partial charge in [-0.05, 0) is 57.0 Å². The van der Waals surface area contributed by atoms with Crippen LogP contribution in [0.5, 0.6) is 0 Å². The topological polar surface area (TPSA) is 58.2 Å². The second-order valence-electron chi connectivity index (χ2n) is 6.29. The zero-order valence-corrected chi connectivity index (χ0v) is 12.8. The van der Waals surface area contributed by atoms with Crippen LogP contribution in [0.2, 0.25) is 0 Å². The van der Waals surface area contributed by atoms with E-state index >= 15 is 0 Å². The molecule has 2 N–H and O–H groups in total. The van der Waals surface area contributed by atoms with Crippen LogP contribution in [0.1, 0.15) is 51.9 Å². The van der Waals surface area contributed by atoms with E-state index < -0.39 is 10.0 Å². The van der Waals surface area contributed by atoms with Gasteiger partial charge >= 0.3 is 0 Å². The molecule has 1 saturated heterocycles. The van der Waals surface area contributed by atoms with Crippen molar-refractivity contribution in [2.24, 2.45) is 11.8 Å². The Morgan fingerprint density at radius 2 is 1.79 bits per heavy atom. The van der Waals surface area contributed by atoms with E-state index in [0.29, 0.717) is 17.6 Å². The molecule has 0 bridgehead atoms. The van der Waals surface area contributed by atoms with Crippen molar-refractivity contribution in [3.8, 4) is 0 Å². The van der Waals surface area contributed by atoms with Gasteiger partial charge in [-0.2, -0.15) is 0 Å². The third-order valence-corrected chi connectivity index (χ3v) is 6.13. The Balaban J connectivity index is 1.77. The van der Waals surface area contributed by atoms with Crippen molar-refractivity contribution >= 4 is 10.0 Å². The lowest BCUT2D eigenvalue weighted by Crippen LogP contribution is -2.42. The highest BCUT2D eigenvalue weighted by Crippen LogP contribution is 2.24. The molecule has 0 spiro atoms. The van der Waals surface area contributed by atoms with Crippen molar-refractivity contribution in [2.75, 3.05) is 18.8 Å². The van der Waals surface area contributed by atoms with E-state index in [9.17, 15) is 8.42 Å². The van der Waals surface area contributed by atoms with Crippen LogP contribution in [0.3, 0.4) is 0 Å². The number of hydrogen-bond acceptors (Lipinski definition) is 3. The molecule has 5 heteroatoms. The first-order chi connectivity index (χ1) is 9.07. The van der Waals surface area contributed by atoms with Gasteiger partial charge in [-0.3, -0.25) is 0 Å². The van der Waals surface area contributed by atoms with Gasteiger partial charge in [0.05, 0.1) is 5.75 Å². The Labute approximate surface area is 117 Å². The highest BCUT2D eigenvalue weighted by Gasteiger charge is 2.26. The van der Waals surface area contributed by atoms with Crippen LogP contribution >= 0.6 is 0 Å². The Hall–Kier alpha value is -0.130. The fourth-order valence-corrected chi connectivity index (χ4v) is 4.85. The minimum Gasteiger partial charge on any atom is -0.317 e. The van der Waals surface area contributed by atoms with E-state index in [-0.39, 0.29) is 6.04 Å². The summed E-state index contributed by atoms with van der Waals surface area (Å²) in [5.41, 5.74) is 0. The first-order valence-electron chi connectivity index (χ1n) is 7.77. The molecule has 2 atom stereocenters. The lowest BCUT2D eigenvalue weighted by atomic mass is 9.87. The predicted molar refractivity (Wildman–Crippen MR) is 78.6 cm³/mol. The SMILES string of the molecule is CC1CCCCC1NS(=O)(=O)CCC1CCNCC1. The second kappa shape index (κ2) is 7.04. The Bertz CT molecular complexity index is 364. The van der Waals surface area contributed by atoms with Crippen LogP contribution in [0.4, 0.5) is 0 Å². The van der Waals surface area contributed by atoms with Gasteiger partial charge in [-0.15, -0.1) is 0 Å². The minimum absolute atomic E-state index is 0.173. The maximum absolute atomic E-state index is 12.2. The quantitative estimate of drug-likeness (QED) is 0.812. The van der Waals surface area contributed by atoms with Gasteiger partial charge in [0, 0.05) is 6.04 Å². The van der Waals surface area contributed by atoms with Crippen LogP contribution < -0.4 is 10.0 Å². The Morgan fingerprint density at radius 1 is 1.11 bits per heavy atom. The molecule has 112 valence electrons. The summed E-state index contributed by atoms with van der Waals surface area (Å²) >= 11 is 0. The third kappa shape index (κ3) is 5.04. The van der Waals surface area contributed by atoms with E-state index in [1.165, 1.54) is 6.42 Å². The smallest absolute Gasteiger partial charge is 0.211 e. The number of sulfonamides is 1. The summed E-state index contributed by atoms with van der Waals surface area (Å²) in [6.45, 7) is 4.24. The zero-order chi connectivity index (χ0) is 13.7. The summed E-state index contributed by atoms with van der Waals surface area (Å²) < 4.78 is 27.3. The maximum atomic E-state index is 12.2. The summed E-state index contributed by atoms with van der Waals surface area (Å²) in [4.78, 5) is 0. The number of nitrogens with one attached hydrogen (secondary N) is 2. The fraction of sp³-hybridized carbons (Fsp3) is 1.00. The van der Waals surface area contributed by atoms with Crippen LogP contribution in [-0.4, -0.2) is 33.3 Å². The van der Waals surface area contributed by atoms with Crippen LogP contribution in [0.25, 0.3) is 0 Å². The van der Waals surface area contributed by atoms with Gasteiger partial charge in [0.25, 0.3) is 0 Å². The molecule has 19 heavy (non-hydrogen) atoms. The predicted octanol–water partition coefficient (Wildman–Crippen LogP) is 1.87. The fourth-order valence-electron chi connectivity index (χ4n) is 3.27. The molecule has 2 rings (SSSR count). The highest BCUT2D eigenvalue weighted by atomic mass is 32.2. The summed E-state index contributed by atoms with van der Waals surface area (Å²) in [6, 6.07) is 0.173. The molecule has 0 amide bonds. The van der Waals surface area contributed by atoms with Gasteiger partial charge in [0.1, 0.15) is 0 Å². The minimum atomic E-state index is -3.08.